The number of hydrogen-bond donors (Lipinski definition) is 1. The molecule has 3 nitrogen and oxygen atoms in total. The fraction of sp³-hybridized carbons (Fsp3) is 0.125. The van der Waals surface area contributed by atoms with E-state index in [0.29, 0.717) is 11.6 Å². The van der Waals surface area contributed by atoms with Crippen molar-refractivity contribution in [2.45, 2.75) is 17.1 Å². The largest absolute Gasteiger partial charge is 0.302 e. The Morgan fingerprint density at radius 1 is 1.14 bits per heavy atom. The van der Waals surface area contributed by atoms with Crippen LogP contribution in [0.5, 0.6) is 0 Å². The SMILES string of the molecule is O=C(Cc1cccs1)Nc1nc(CSc2ccccc2)cs1. The lowest BCUT2D eigenvalue weighted by molar-refractivity contribution is -0.115. The fourth-order valence-electron chi connectivity index (χ4n) is 1.84. The minimum atomic E-state index is -0.0148. The molecule has 0 aliphatic carbocycles. The van der Waals surface area contributed by atoms with E-state index in [4.69, 9.17) is 0 Å². The first-order valence-corrected chi connectivity index (χ1v) is 9.48. The predicted octanol–water partition coefficient (Wildman–Crippen LogP) is 4.68. The van der Waals surface area contributed by atoms with Gasteiger partial charge in [0.1, 0.15) is 0 Å². The number of thiophene rings is 1. The zero-order valence-corrected chi connectivity index (χ0v) is 14.1. The van der Waals surface area contributed by atoms with Crippen molar-refractivity contribution in [2.24, 2.45) is 0 Å². The van der Waals surface area contributed by atoms with Gasteiger partial charge in [0.15, 0.2) is 5.13 Å². The summed E-state index contributed by atoms with van der Waals surface area (Å²) in [5, 5.41) is 7.51. The van der Waals surface area contributed by atoms with Gasteiger partial charge in [-0.2, -0.15) is 0 Å². The molecule has 1 amide bonds. The molecular weight excluding hydrogens is 332 g/mol. The molecule has 0 aliphatic rings. The summed E-state index contributed by atoms with van der Waals surface area (Å²) in [6.07, 6.45) is 0.408. The molecule has 3 aromatic rings. The van der Waals surface area contributed by atoms with Crippen molar-refractivity contribution in [3.8, 4) is 0 Å². The predicted molar refractivity (Wildman–Crippen MR) is 94.8 cm³/mol. The summed E-state index contributed by atoms with van der Waals surface area (Å²) in [5.41, 5.74) is 0.991. The second kappa shape index (κ2) is 7.58. The number of benzene rings is 1. The van der Waals surface area contributed by atoms with Gasteiger partial charge in [0.2, 0.25) is 5.91 Å². The van der Waals surface area contributed by atoms with Crippen LogP contribution in [0.15, 0.2) is 58.1 Å². The molecule has 3 rings (SSSR count). The molecule has 0 saturated heterocycles. The molecule has 0 spiro atoms. The number of anilines is 1. The Balaban J connectivity index is 1.51. The number of carbonyl (C=O) groups is 1. The first-order valence-electron chi connectivity index (χ1n) is 6.74. The monoisotopic (exact) mass is 346 g/mol. The standard InChI is InChI=1S/C16H14N2OS3/c19-15(9-14-7-4-8-20-14)18-16-17-12(11-22-16)10-21-13-5-2-1-3-6-13/h1-8,11H,9-10H2,(H,17,18,19). The second-order valence-corrected chi connectivity index (χ2v) is 7.49. The lowest BCUT2D eigenvalue weighted by atomic mass is 10.3. The van der Waals surface area contributed by atoms with E-state index < -0.39 is 0 Å². The molecule has 0 aliphatic heterocycles. The lowest BCUT2D eigenvalue weighted by Crippen LogP contribution is -2.13. The van der Waals surface area contributed by atoms with Gasteiger partial charge in [-0.05, 0) is 23.6 Å². The molecule has 22 heavy (non-hydrogen) atoms. The minimum absolute atomic E-state index is 0.0148. The fourth-order valence-corrected chi connectivity index (χ4v) is 4.19. The number of aromatic nitrogens is 1. The average molecular weight is 347 g/mol. The Labute approximate surface area is 141 Å². The normalized spacial score (nSPS) is 10.5. The van der Waals surface area contributed by atoms with Crippen LogP contribution in [0.4, 0.5) is 5.13 Å². The van der Waals surface area contributed by atoms with Crippen LogP contribution in [-0.2, 0) is 17.0 Å². The van der Waals surface area contributed by atoms with Gasteiger partial charge >= 0.3 is 0 Å². The molecule has 6 heteroatoms. The van der Waals surface area contributed by atoms with E-state index in [0.717, 1.165) is 16.3 Å². The van der Waals surface area contributed by atoms with E-state index in [-0.39, 0.29) is 5.91 Å². The van der Waals surface area contributed by atoms with E-state index in [1.807, 2.05) is 41.1 Å². The van der Waals surface area contributed by atoms with Crippen LogP contribution < -0.4 is 5.32 Å². The Bertz CT molecular complexity index is 723. The number of nitrogens with one attached hydrogen (secondary N) is 1. The van der Waals surface area contributed by atoms with E-state index in [9.17, 15) is 4.79 Å². The van der Waals surface area contributed by atoms with Gasteiger partial charge in [0.25, 0.3) is 0 Å². The van der Waals surface area contributed by atoms with Crippen molar-refractivity contribution >= 4 is 45.5 Å². The number of amides is 1. The molecule has 0 fully saturated rings. The van der Waals surface area contributed by atoms with Crippen LogP contribution in [0.1, 0.15) is 10.6 Å². The zero-order valence-electron chi connectivity index (χ0n) is 11.7. The quantitative estimate of drug-likeness (QED) is 0.659. The number of carbonyl (C=O) groups excluding carboxylic acids is 1. The summed E-state index contributed by atoms with van der Waals surface area (Å²) < 4.78 is 0. The topological polar surface area (TPSA) is 42.0 Å². The molecule has 1 aromatic carbocycles. The van der Waals surface area contributed by atoms with Crippen LogP contribution in [-0.4, -0.2) is 10.9 Å². The van der Waals surface area contributed by atoms with Crippen LogP contribution >= 0.6 is 34.4 Å². The van der Waals surface area contributed by atoms with Crippen LogP contribution in [0.3, 0.4) is 0 Å². The van der Waals surface area contributed by atoms with Crippen molar-refractivity contribution in [1.82, 2.24) is 4.98 Å². The molecule has 0 unspecified atom stereocenters. The van der Waals surface area contributed by atoms with Crippen molar-refractivity contribution < 1.29 is 4.79 Å². The number of hydrogen-bond acceptors (Lipinski definition) is 5. The maximum Gasteiger partial charge on any atom is 0.231 e. The Morgan fingerprint density at radius 2 is 2.00 bits per heavy atom. The third-order valence-electron chi connectivity index (χ3n) is 2.84. The van der Waals surface area contributed by atoms with E-state index in [1.54, 1.807) is 23.1 Å². The molecule has 2 aromatic heterocycles. The maximum atomic E-state index is 11.9. The van der Waals surface area contributed by atoms with E-state index in [2.05, 4.69) is 22.4 Å². The number of nitrogens with zero attached hydrogens (tertiary/aromatic N) is 1. The summed E-state index contributed by atoms with van der Waals surface area (Å²) in [4.78, 5) is 18.7. The third kappa shape index (κ3) is 4.43. The van der Waals surface area contributed by atoms with Gasteiger partial charge in [0, 0.05) is 20.9 Å². The van der Waals surface area contributed by atoms with Gasteiger partial charge in [-0.1, -0.05) is 24.3 Å². The molecule has 2 heterocycles. The minimum Gasteiger partial charge on any atom is -0.302 e. The van der Waals surface area contributed by atoms with Gasteiger partial charge in [-0.3, -0.25) is 4.79 Å². The van der Waals surface area contributed by atoms with Gasteiger partial charge in [-0.25, -0.2) is 4.98 Å². The zero-order chi connectivity index (χ0) is 15.2. The van der Waals surface area contributed by atoms with Crippen molar-refractivity contribution in [1.29, 1.82) is 0 Å². The Hall–Kier alpha value is -1.63. The molecule has 0 radical (unpaired) electrons. The van der Waals surface area contributed by atoms with Crippen molar-refractivity contribution in [3.63, 3.8) is 0 Å². The first-order chi connectivity index (χ1) is 10.8. The van der Waals surface area contributed by atoms with Crippen LogP contribution in [0.25, 0.3) is 0 Å². The summed E-state index contributed by atoms with van der Waals surface area (Å²) in [7, 11) is 0. The van der Waals surface area contributed by atoms with Gasteiger partial charge in [-0.15, -0.1) is 34.4 Å². The summed E-state index contributed by atoms with van der Waals surface area (Å²) in [5.74, 6) is 0.792. The molecule has 112 valence electrons. The third-order valence-corrected chi connectivity index (χ3v) is 5.57. The Morgan fingerprint density at radius 3 is 2.77 bits per heavy atom. The highest BCUT2D eigenvalue weighted by molar-refractivity contribution is 7.98. The van der Waals surface area contributed by atoms with Gasteiger partial charge < -0.3 is 5.32 Å². The number of thiazole rings is 1. The highest BCUT2D eigenvalue weighted by Gasteiger charge is 2.08. The smallest absolute Gasteiger partial charge is 0.231 e. The summed E-state index contributed by atoms with van der Waals surface area (Å²) in [6, 6.07) is 14.2. The van der Waals surface area contributed by atoms with Gasteiger partial charge in [0.05, 0.1) is 12.1 Å². The number of rotatable bonds is 6. The van der Waals surface area contributed by atoms with Crippen molar-refractivity contribution in [3.05, 3.63) is 63.8 Å². The van der Waals surface area contributed by atoms with Crippen molar-refractivity contribution in [2.75, 3.05) is 5.32 Å². The number of thioether (sulfide) groups is 1. The highest BCUT2D eigenvalue weighted by atomic mass is 32.2. The maximum absolute atomic E-state index is 11.9. The Kier molecular flexibility index (Phi) is 5.26. The first kappa shape index (κ1) is 15.3. The molecule has 1 N–H and O–H groups in total. The van der Waals surface area contributed by atoms with E-state index in [1.165, 1.54) is 16.2 Å². The van der Waals surface area contributed by atoms with E-state index >= 15 is 0 Å². The molecule has 0 bridgehead atoms. The summed E-state index contributed by atoms with van der Waals surface area (Å²) in [6.45, 7) is 0. The van der Waals surface area contributed by atoms with Crippen LogP contribution in [0.2, 0.25) is 0 Å². The molecular formula is C16H14N2OS3. The second-order valence-electron chi connectivity index (χ2n) is 4.55. The average Bonchev–Trinajstić information content (AvgIpc) is 3.18. The molecule has 0 saturated carbocycles. The lowest BCUT2D eigenvalue weighted by Gasteiger charge is -2.00. The molecule has 0 atom stereocenters. The highest BCUT2D eigenvalue weighted by Crippen LogP contribution is 2.25. The summed E-state index contributed by atoms with van der Waals surface area (Å²) >= 11 is 4.81. The van der Waals surface area contributed by atoms with Crippen LogP contribution in [0, 0.1) is 0 Å².